The van der Waals surface area contributed by atoms with Gasteiger partial charge >= 0.3 is 0 Å². The summed E-state index contributed by atoms with van der Waals surface area (Å²) in [5.74, 6) is 0.593. The molecule has 4 nitrogen and oxygen atoms in total. The Kier molecular flexibility index (Phi) is 2.91. The zero-order valence-corrected chi connectivity index (χ0v) is 10.5. The van der Waals surface area contributed by atoms with Gasteiger partial charge in [0.1, 0.15) is 5.82 Å². The monoisotopic (exact) mass is 253 g/mol. The second-order valence-corrected chi connectivity index (χ2v) is 4.84. The van der Waals surface area contributed by atoms with Crippen LogP contribution in [-0.4, -0.2) is 10.9 Å². The summed E-state index contributed by atoms with van der Waals surface area (Å²) in [6.07, 6.45) is 3.19. The fourth-order valence-corrected chi connectivity index (χ4v) is 2.49. The molecule has 0 bridgehead atoms. The van der Waals surface area contributed by atoms with Crippen LogP contribution in [0.15, 0.2) is 42.6 Å². The second kappa shape index (κ2) is 4.72. The zero-order chi connectivity index (χ0) is 13.2. The highest BCUT2D eigenvalue weighted by molar-refractivity contribution is 5.92. The smallest absolute Gasteiger partial charge is 0.229 e. The largest absolute Gasteiger partial charge is 0.399 e. The Morgan fingerprint density at radius 3 is 2.84 bits per heavy atom. The van der Waals surface area contributed by atoms with Crippen LogP contribution in [0.1, 0.15) is 11.1 Å². The van der Waals surface area contributed by atoms with Crippen molar-refractivity contribution in [1.29, 1.82) is 0 Å². The van der Waals surface area contributed by atoms with E-state index in [2.05, 4.69) is 10.3 Å². The van der Waals surface area contributed by atoms with E-state index < -0.39 is 0 Å². The summed E-state index contributed by atoms with van der Waals surface area (Å²) in [7, 11) is 0. The number of aromatic nitrogens is 1. The van der Waals surface area contributed by atoms with Crippen LogP contribution in [0.25, 0.3) is 0 Å². The van der Waals surface area contributed by atoms with Crippen molar-refractivity contribution in [3.05, 3.63) is 53.7 Å². The maximum absolute atomic E-state index is 12.2. The summed E-state index contributed by atoms with van der Waals surface area (Å²) >= 11 is 0. The number of nitrogens with two attached hydrogens (primary N) is 1. The summed E-state index contributed by atoms with van der Waals surface area (Å²) in [6, 6.07) is 11.3. The number of benzene rings is 1. The molecule has 3 rings (SSSR count). The summed E-state index contributed by atoms with van der Waals surface area (Å²) in [4.78, 5) is 16.3. The van der Waals surface area contributed by atoms with E-state index in [1.807, 2.05) is 30.3 Å². The van der Waals surface area contributed by atoms with Gasteiger partial charge in [0.05, 0.1) is 0 Å². The first kappa shape index (κ1) is 11.7. The van der Waals surface area contributed by atoms with Crippen LogP contribution in [0, 0.1) is 5.92 Å². The SMILES string of the molecule is Nc1ccc2c(c1)CC(C(=O)Nc1ccccn1)C2. The van der Waals surface area contributed by atoms with E-state index in [9.17, 15) is 4.79 Å². The Labute approximate surface area is 111 Å². The van der Waals surface area contributed by atoms with Gasteiger partial charge in [0.25, 0.3) is 0 Å². The highest BCUT2D eigenvalue weighted by Crippen LogP contribution is 2.29. The fraction of sp³-hybridized carbons (Fsp3) is 0.200. The quantitative estimate of drug-likeness (QED) is 0.804. The number of carbonyl (C=O) groups excluding carboxylic acids is 1. The van der Waals surface area contributed by atoms with Gasteiger partial charge in [-0.3, -0.25) is 4.79 Å². The van der Waals surface area contributed by atoms with Crippen molar-refractivity contribution >= 4 is 17.4 Å². The van der Waals surface area contributed by atoms with Crippen molar-refractivity contribution in [2.75, 3.05) is 11.1 Å². The van der Waals surface area contributed by atoms with E-state index in [4.69, 9.17) is 5.73 Å². The Balaban J connectivity index is 1.71. The van der Waals surface area contributed by atoms with Crippen molar-refractivity contribution in [3.8, 4) is 0 Å². The molecule has 1 atom stereocenters. The number of fused-ring (bicyclic) bond motifs is 1. The Bertz CT molecular complexity index is 610. The first-order chi connectivity index (χ1) is 9.22. The molecular weight excluding hydrogens is 238 g/mol. The van der Waals surface area contributed by atoms with E-state index in [0.717, 1.165) is 18.5 Å². The lowest BCUT2D eigenvalue weighted by Crippen LogP contribution is -2.23. The van der Waals surface area contributed by atoms with Gasteiger partial charge < -0.3 is 11.1 Å². The van der Waals surface area contributed by atoms with Gasteiger partial charge in [0.2, 0.25) is 5.91 Å². The van der Waals surface area contributed by atoms with Gasteiger partial charge in [-0.1, -0.05) is 12.1 Å². The lowest BCUT2D eigenvalue weighted by Gasteiger charge is -2.09. The molecule has 2 aromatic rings. The van der Waals surface area contributed by atoms with E-state index in [1.54, 1.807) is 12.3 Å². The average Bonchev–Trinajstić information content (AvgIpc) is 2.83. The van der Waals surface area contributed by atoms with Crippen molar-refractivity contribution in [2.24, 2.45) is 5.92 Å². The van der Waals surface area contributed by atoms with E-state index >= 15 is 0 Å². The van der Waals surface area contributed by atoms with Crippen molar-refractivity contribution in [1.82, 2.24) is 4.98 Å². The van der Waals surface area contributed by atoms with Gasteiger partial charge in [0, 0.05) is 17.8 Å². The number of hydrogen-bond donors (Lipinski definition) is 2. The maximum atomic E-state index is 12.2. The van der Waals surface area contributed by atoms with Crippen molar-refractivity contribution < 1.29 is 4.79 Å². The number of amides is 1. The van der Waals surface area contributed by atoms with Gasteiger partial charge in [-0.05, 0) is 48.2 Å². The number of rotatable bonds is 2. The minimum atomic E-state index is -0.0289. The first-order valence-electron chi connectivity index (χ1n) is 6.31. The fourth-order valence-electron chi connectivity index (χ4n) is 2.49. The molecule has 0 saturated carbocycles. The molecular formula is C15H15N3O. The normalized spacial score (nSPS) is 16.9. The molecule has 1 unspecified atom stereocenters. The molecule has 19 heavy (non-hydrogen) atoms. The third kappa shape index (κ3) is 2.42. The van der Waals surface area contributed by atoms with E-state index in [-0.39, 0.29) is 11.8 Å². The topological polar surface area (TPSA) is 68.0 Å². The molecule has 0 aliphatic heterocycles. The van der Waals surface area contributed by atoms with Crippen molar-refractivity contribution in [2.45, 2.75) is 12.8 Å². The van der Waals surface area contributed by atoms with Crippen LogP contribution < -0.4 is 11.1 Å². The summed E-state index contributed by atoms with van der Waals surface area (Å²) in [5.41, 5.74) is 8.92. The number of anilines is 2. The van der Waals surface area contributed by atoms with Crippen LogP contribution in [0.2, 0.25) is 0 Å². The second-order valence-electron chi connectivity index (χ2n) is 4.84. The number of pyridine rings is 1. The van der Waals surface area contributed by atoms with Gasteiger partial charge in [-0.15, -0.1) is 0 Å². The highest BCUT2D eigenvalue weighted by Gasteiger charge is 2.27. The predicted octanol–water partition coefficient (Wildman–Crippen LogP) is 2.02. The van der Waals surface area contributed by atoms with E-state index in [1.165, 1.54) is 11.1 Å². The lowest BCUT2D eigenvalue weighted by molar-refractivity contribution is -0.119. The van der Waals surface area contributed by atoms with Gasteiger partial charge in [-0.25, -0.2) is 4.98 Å². The highest BCUT2D eigenvalue weighted by atomic mass is 16.1. The third-order valence-electron chi connectivity index (χ3n) is 3.45. The third-order valence-corrected chi connectivity index (χ3v) is 3.45. The molecule has 0 spiro atoms. The molecule has 96 valence electrons. The number of carbonyl (C=O) groups is 1. The lowest BCUT2D eigenvalue weighted by atomic mass is 10.1. The molecule has 1 aromatic carbocycles. The molecule has 4 heteroatoms. The Hall–Kier alpha value is -2.36. The van der Waals surface area contributed by atoms with Gasteiger partial charge in [0.15, 0.2) is 0 Å². The van der Waals surface area contributed by atoms with Gasteiger partial charge in [-0.2, -0.15) is 0 Å². The summed E-state index contributed by atoms with van der Waals surface area (Å²) in [5, 5.41) is 2.85. The molecule has 1 aliphatic carbocycles. The Morgan fingerprint density at radius 2 is 2.05 bits per heavy atom. The molecule has 0 radical (unpaired) electrons. The summed E-state index contributed by atoms with van der Waals surface area (Å²) in [6.45, 7) is 0. The molecule has 1 heterocycles. The molecule has 3 N–H and O–H groups in total. The Morgan fingerprint density at radius 1 is 1.21 bits per heavy atom. The molecule has 1 aromatic heterocycles. The van der Waals surface area contributed by atoms with Crippen LogP contribution in [0.5, 0.6) is 0 Å². The van der Waals surface area contributed by atoms with Crippen LogP contribution in [-0.2, 0) is 17.6 Å². The predicted molar refractivity (Wildman–Crippen MR) is 74.6 cm³/mol. The average molecular weight is 253 g/mol. The minimum Gasteiger partial charge on any atom is -0.399 e. The number of nitrogens with zero attached hydrogens (tertiary/aromatic N) is 1. The molecule has 1 amide bonds. The number of nitrogens with one attached hydrogen (secondary N) is 1. The first-order valence-corrected chi connectivity index (χ1v) is 6.31. The number of nitrogen functional groups attached to an aromatic ring is 1. The van der Waals surface area contributed by atoms with E-state index in [0.29, 0.717) is 5.82 Å². The molecule has 0 saturated heterocycles. The van der Waals surface area contributed by atoms with Crippen LogP contribution in [0.4, 0.5) is 11.5 Å². The summed E-state index contributed by atoms with van der Waals surface area (Å²) < 4.78 is 0. The maximum Gasteiger partial charge on any atom is 0.229 e. The zero-order valence-electron chi connectivity index (χ0n) is 10.5. The van der Waals surface area contributed by atoms with Crippen molar-refractivity contribution in [3.63, 3.8) is 0 Å². The molecule has 1 aliphatic rings. The minimum absolute atomic E-state index is 0.0217. The standard InChI is InChI=1S/C15H15N3O/c16-13-5-4-10-7-12(8-11(10)9-13)15(19)18-14-3-1-2-6-17-14/h1-6,9,12H,7-8,16H2,(H,17,18,19). The number of hydrogen-bond acceptors (Lipinski definition) is 3. The molecule has 0 fully saturated rings. The van der Waals surface area contributed by atoms with Crippen LogP contribution >= 0.6 is 0 Å². The van der Waals surface area contributed by atoms with Crippen LogP contribution in [0.3, 0.4) is 0 Å².